The molecule has 0 amide bonds. The van der Waals surface area contributed by atoms with Crippen LogP contribution in [-0.4, -0.2) is 46.2 Å². The molecule has 8 unspecified atom stereocenters. The monoisotopic (exact) mass is 1400 g/mol. The number of hydrogen-bond donors (Lipinski definition) is 0. The van der Waals surface area contributed by atoms with Gasteiger partial charge in [-0.2, -0.15) is 0 Å². The lowest BCUT2D eigenvalue weighted by Crippen LogP contribution is -2.46. The fourth-order valence-corrected chi connectivity index (χ4v) is 19.0. The normalized spacial score (nSPS) is 26.3. The van der Waals surface area contributed by atoms with E-state index < -0.39 is 32.6 Å². The van der Waals surface area contributed by atoms with Crippen molar-refractivity contribution in [1.29, 1.82) is 0 Å². The van der Waals surface area contributed by atoms with E-state index in [0.29, 0.717) is 11.8 Å². The van der Waals surface area contributed by atoms with Gasteiger partial charge in [0.2, 0.25) is 0 Å². The maximum atomic E-state index is 9.34. The van der Waals surface area contributed by atoms with Gasteiger partial charge in [0.15, 0.2) is 0 Å². The molecule has 19 rings (SSSR count). The summed E-state index contributed by atoms with van der Waals surface area (Å²) in [6, 6.07) is 77.6. The van der Waals surface area contributed by atoms with E-state index in [1.807, 2.05) is 47.1 Å². The molecule has 0 aromatic heterocycles. The fraction of sp³-hybridized carbons (Fsp3) is 0.361. The van der Waals surface area contributed by atoms with Crippen LogP contribution in [0.3, 0.4) is 0 Å². The number of benzene rings is 9. The number of anilines is 4. The predicted molar refractivity (Wildman–Crippen MR) is 449 cm³/mol. The van der Waals surface area contributed by atoms with Gasteiger partial charge in [0.1, 0.15) is 0 Å². The summed E-state index contributed by atoms with van der Waals surface area (Å²) < 4.78 is 45.6. The van der Waals surface area contributed by atoms with E-state index in [0.717, 1.165) is 56.5 Å². The van der Waals surface area contributed by atoms with Gasteiger partial charge in [-0.1, -0.05) is 262 Å². The Morgan fingerprint density at radius 3 is 1.05 bits per heavy atom. The molecular weight excluding hydrogens is 1280 g/mol. The van der Waals surface area contributed by atoms with Crippen LogP contribution in [0.15, 0.2) is 247 Å². The summed E-state index contributed by atoms with van der Waals surface area (Å²) in [6.45, 7) is 24.0. The minimum absolute atomic E-state index is 0. The van der Waals surface area contributed by atoms with Crippen molar-refractivity contribution in [2.75, 3.05) is 46.2 Å². The van der Waals surface area contributed by atoms with Crippen LogP contribution in [0.1, 0.15) is 228 Å². The number of nitrogens with zero attached hydrogens (tertiary/aromatic N) is 8. The second kappa shape index (κ2) is 29.7. The van der Waals surface area contributed by atoms with Crippen molar-refractivity contribution >= 4 is 45.5 Å². The highest BCUT2D eigenvalue weighted by Gasteiger charge is 2.55. The Kier molecular flexibility index (Phi) is 19.4. The molecular formula is C97H118N8. The minimum Gasteiger partial charge on any atom is -0.345 e. The number of allylic oxidation sites excluding steroid dienone is 4. The van der Waals surface area contributed by atoms with Crippen LogP contribution >= 0.6 is 0 Å². The third-order valence-electron chi connectivity index (χ3n) is 24.7. The van der Waals surface area contributed by atoms with E-state index >= 15 is 0 Å². The Morgan fingerprint density at radius 1 is 0.324 bits per heavy atom. The maximum Gasteiger partial charge on any atom is 0.0962 e. The predicted octanol–water partition coefficient (Wildman–Crippen LogP) is 25.0. The highest BCUT2D eigenvalue weighted by Crippen LogP contribution is 2.60. The second-order valence-electron chi connectivity index (χ2n) is 30.1. The molecule has 105 heavy (non-hydrogen) atoms. The third-order valence-corrected chi connectivity index (χ3v) is 24.7. The van der Waals surface area contributed by atoms with Crippen molar-refractivity contribution in [1.82, 2.24) is 19.6 Å². The summed E-state index contributed by atoms with van der Waals surface area (Å²) in [5, 5.41) is 0. The molecule has 0 spiro atoms. The molecule has 546 valence electrons. The zero-order valence-electron chi connectivity index (χ0n) is 66.3. The zero-order chi connectivity index (χ0) is 74.0. The van der Waals surface area contributed by atoms with Crippen molar-refractivity contribution in [3.05, 3.63) is 320 Å². The average molecular weight is 1400 g/mol. The molecule has 9 aromatic carbocycles. The lowest BCUT2D eigenvalue weighted by Gasteiger charge is -2.45. The lowest BCUT2D eigenvalue weighted by molar-refractivity contribution is 0.0922. The van der Waals surface area contributed by atoms with E-state index in [1.165, 1.54) is 142 Å². The van der Waals surface area contributed by atoms with Crippen LogP contribution in [0.2, 0.25) is 0 Å². The molecule has 2 saturated carbocycles. The van der Waals surface area contributed by atoms with Gasteiger partial charge >= 0.3 is 0 Å². The smallest absolute Gasteiger partial charge is 0.0962 e. The largest absolute Gasteiger partial charge is 0.345 e. The van der Waals surface area contributed by atoms with Crippen molar-refractivity contribution in [2.24, 2.45) is 11.8 Å². The first-order chi connectivity index (χ1) is 51.1. The van der Waals surface area contributed by atoms with Crippen molar-refractivity contribution in [2.45, 2.75) is 193 Å². The van der Waals surface area contributed by atoms with E-state index in [4.69, 9.17) is 2.74 Å². The summed E-state index contributed by atoms with van der Waals surface area (Å²) in [5.74, 6) is 1.23. The van der Waals surface area contributed by atoms with Gasteiger partial charge in [-0.15, -0.1) is 0 Å². The fourth-order valence-electron chi connectivity index (χ4n) is 19.0. The van der Waals surface area contributed by atoms with Crippen molar-refractivity contribution in [3.8, 4) is 0 Å². The number of para-hydroxylation sites is 4. The Hall–Kier alpha value is -9.66. The van der Waals surface area contributed by atoms with Crippen molar-refractivity contribution in [3.63, 3.8) is 0 Å². The summed E-state index contributed by atoms with van der Waals surface area (Å²) in [4.78, 5) is 17.7. The molecule has 0 saturated heterocycles. The Bertz CT molecular complexity index is 5030. The molecule has 0 N–H and O–H groups in total. The summed E-state index contributed by atoms with van der Waals surface area (Å²) in [6.07, 6.45) is 11.7. The van der Waals surface area contributed by atoms with Crippen LogP contribution in [-0.2, 0) is 16.6 Å². The van der Waals surface area contributed by atoms with Gasteiger partial charge < -0.3 is 39.2 Å². The van der Waals surface area contributed by atoms with Crippen LogP contribution in [0.4, 0.5) is 22.7 Å². The SMILES string of the molecule is C.C.C.C.[2H]C1N(c2ccccc2C)C(C)=C2c3ccccc3C(C)(C3CCCC3)N21.[2H]C1N(c2ccccc2C)C(C)=C2c3ccccc3C(C)(C3CCCCC3)N21.[2H]C1N(c2ccccc2C)C(C)=C2c3ccccc3C(C)(c3ccccc3)N21.[2H]C1N(c2ccccc2C)C(C)=C2c3ccccc3C([2H])(C)N21. The molecule has 8 aliphatic heterocycles. The molecule has 0 radical (unpaired) electrons. The first-order valence-corrected chi connectivity index (χ1v) is 37.1. The lowest BCUT2D eigenvalue weighted by atomic mass is 9.72. The average Bonchev–Trinajstić information content (AvgIpc) is 1.54. The highest BCUT2D eigenvalue weighted by molar-refractivity contribution is 5.86. The maximum absolute atomic E-state index is 9.34. The molecule has 2 aliphatic carbocycles. The topological polar surface area (TPSA) is 25.9 Å². The standard InChI is InChI=1S/C25H30N2.C25H24N2.C24H28N2.C19H20N2.4CH4/c2*1-18-11-7-10-16-23(18)26-17-27-24(19(26)2)21-14-8-9-15-22(21)25(27,3)20-12-5-4-6-13-20;1-17-10-4-9-15-22(17)25-16-26-23(18(25)2)20-13-7-8-14-21(20)24(26,3)19-11-5-6-12-19;1-13-8-4-7-11-18(13)20-12-21-14(2)16-9-5-6-10-17(16)19(21)15(20)3;;;;/h7-11,14-16,20H,4-6,12-13,17H2,1-3H3;4-16H,17H2,1-3H3;4,7-10,13-15,19H,5-6,11-12,16H2,1-3H3;4-11,14H,12H2,1-3H3;4*1H4/i2*17D;16D;12D,14D;;;;. The number of aryl methyl sites for hydroxylation is 4. The van der Waals surface area contributed by atoms with Gasteiger partial charge in [0.25, 0.3) is 0 Å². The van der Waals surface area contributed by atoms with Crippen LogP contribution in [0, 0.1) is 39.5 Å². The molecule has 8 heteroatoms. The molecule has 8 heterocycles. The van der Waals surface area contributed by atoms with E-state index in [2.05, 4.69) is 300 Å². The highest BCUT2D eigenvalue weighted by atomic mass is 15.4. The molecule has 0 bridgehead atoms. The van der Waals surface area contributed by atoms with Crippen LogP contribution in [0.5, 0.6) is 0 Å². The number of rotatable bonds is 7. The van der Waals surface area contributed by atoms with Gasteiger partial charge in [0, 0.05) is 67.8 Å². The molecule has 8 nitrogen and oxygen atoms in total. The minimum atomic E-state index is -0.920. The Labute approximate surface area is 639 Å². The van der Waals surface area contributed by atoms with Crippen LogP contribution in [0.25, 0.3) is 22.8 Å². The van der Waals surface area contributed by atoms with Gasteiger partial charge in [0.05, 0.1) is 78.9 Å². The van der Waals surface area contributed by atoms with Crippen LogP contribution < -0.4 is 19.6 Å². The number of fused-ring (bicyclic) bond motifs is 12. The first kappa shape index (κ1) is 68.4. The quantitative estimate of drug-likeness (QED) is 0.156. The van der Waals surface area contributed by atoms with E-state index in [9.17, 15) is 4.11 Å². The number of hydrogen-bond acceptors (Lipinski definition) is 8. The Morgan fingerprint density at radius 2 is 0.629 bits per heavy atom. The van der Waals surface area contributed by atoms with Gasteiger partial charge in [-0.25, -0.2) is 0 Å². The molecule has 2 fully saturated rings. The summed E-state index contributed by atoms with van der Waals surface area (Å²) >= 11 is 0. The summed E-state index contributed by atoms with van der Waals surface area (Å²) in [5.41, 5.74) is 29.3. The van der Waals surface area contributed by atoms with Gasteiger partial charge in [-0.05, 0) is 195 Å². The molecule has 10 aliphatic rings. The van der Waals surface area contributed by atoms with E-state index in [1.54, 1.807) is 0 Å². The van der Waals surface area contributed by atoms with E-state index in [-0.39, 0.29) is 46.3 Å². The summed E-state index contributed by atoms with van der Waals surface area (Å²) in [7, 11) is 0. The molecule has 9 aromatic rings. The van der Waals surface area contributed by atoms with Crippen molar-refractivity contribution < 1.29 is 6.85 Å². The molecule has 8 atom stereocenters. The third kappa shape index (κ3) is 12.0. The van der Waals surface area contributed by atoms with Gasteiger partial charge in [-0.3, -0.25) is 0 Å². The first-order valence-electron chi connectivity index (χ1n) is 39.9. The Balaban J connectivity index is 0.000000135. The zero-order valence-corrected chi connectivity index (χ0v) is 61.3. The second-order valence-corrected chi connectivity index (χ2v) is 30.1.